The first-order valence-electron chi connectivity index (χ1n) is 11.2. The van der Waals surface area contributed by atoms with Crippen molar-refractivity contribution in [1.82, 2.24) is 0 Å². The van der Waals surface area contributed by atoms with Crippen molar-refractivity contribution in [2.75, 3.05) is 31.2 Å². The molecule has 6 heteroatoms. The van der Waals surface area contributed by atoms with Crippen LogP contribution in [-0.4, -0.2) is 32.3 Å². The molecule has 0 amide bonds. The molecule has 1 aliphatic heterocycles. The van der Waals surface area contributed by atoms with E-state index in [-0.39, 0.29) is 18.0 Å². The third kappa shape index (κ3) is 5.19. The minimum atomic E-state index is -0.172. The molecule has 2 aromatic carbocycles. The van der Waals surface area contributed by atoms with Gasteiger partial charge in [0.25, 0.3) is 0 Å². The first-order valence-corrected chi connectivity index (χ1v) is 11.2. The van der Waals surface area contributed by atoms with Gasteiger partial charge in [-0.3, -0.25) is 9.59 Å². The van der Waals surface area contributed by atoms with Gasteiger partial charge >= 0.3 is 5.97 Å². The predicted molar refractivity (Wildman–Crippen MR) is 125 cm³/mol. The maximum atomic E-state index is 12.8. The Kier molecular flexibility index (Phi) is 6.90. The van der Waals surface area contributed by atoms with Crippen molar-refractivity contribution in [3.8, 4) is 11.1 Å². The van der Waals surface area contributed by atoms with E-state index in [1.165, 1.54) is 0 Å². The minimum absolute atomic E-state index is 0.0560. The molecule has 0 saturated carbocycles. The van der Waals surface area contributed by atoms with Gasteiger partial charge in [0, 0.05) is 31.1 Å². The lowest BCUT2D eigenvalue weighted by Gasteiger charge is -2.27. The van der Waals surface area contributed by atoms with Crippen molar-refractivity contribution < 1.29 is 18.7 Å². The third-order valence-corrected chi connectivity index (χ3v) is 5.66. The van der Waals surface area contributed by atoms with Crippen LogP contribution in [0.3, 0.4) is 0 Å². The molecule has 0 spiro atoms. The van der Waals surface area contributed by atoms with E-state index >= 15 is 0 Å². The Hall–Kier alpha value is -3.12. The topological polar surface area (TPSA) is 69.0 Å². The van der Waals surface area contributed by atoms with Crippen molar-refractivity contribution in [2.45, 2.75) is 33.3 Å². The van der Waals surface area contributed by atoms with Crippen molar-refractivity contribution in [3.05, 3.63) is 64.3 Å². The van der Waals surface area contributed by atoms with Crippen molar-refractivity contribution >= 4 is 22.8 Å². The Balaban J connectivity index is 1.55. The van der Waals surface area contributed by atoms with Gasteiger partial charge in [-0.25, -0.2) is 0 Å². The molecule has 3 aromatic rings. The van der Waals surface area contributed by atoms with E-state index in [2.05, 4.69) is 13.8 Å². The minimum Gasteiger partial charge on any atom is -0.461 e. The summed E-state index contributed by atoms with van der Waals surface area (Å²) in [6.07, 6.45) is 1.27. The van der Waals surface area contributed by atoms with Crippen LogP contribution in [0.2, 0.25) is 0 Å². The van der Waals surface area contributed by atoms with Gasteiger partial charge in [-0.15, -0.1) is 0 Å². The molecule has 1 aromatic heterocycles. The molecule has 1 aliphatic rings. The smallest absolute Gasteiger partial charge is 0.306 e. The Bertz CT molecular complexity index is 1130. The highest BCUT2D eigenvalue weighted by Gasteiger charge is 2.17. The van der Waals surface area contributed by atoms with Gasteiger partial charge in [0.05, 0.1) is 18.6 Å². The molecule has 0 aliphatic carbocycles. The van der Waals surface area contributed by atoms with Gasteiger partial charge < -0.3 is 18.8 Å². The molecule has 32 heavy (non-hydrogen) atoms. The number of nitrogens with zero attached hydrogens (tertiary/aromatic N) is 1. The van der Waals surface area contributed by atoms with Gasteiger partial charge in [-0.1, -0.05) is 50.2 Å². The van der Waals surface area contributed by atoms with E-state index in [4.69, 9.17) is 13.9 Å². The number of fused-ring (bicyclic) bond motifs is 1. The SMILES string of the molecule is CC(C)CCC(=O)OCc1ccc(-c2cccc3c(=O)cc(N4CCOCC4)oc23)cc1. The molecule has 0 unspecified atom stereocenters. The number of hydrogen-bond donors (Lipinski definition) is 0. The molecule has 1 fully saturated rings. The molecule has 1 saturated heterocycles. The van der Waals surface area contributed by atoms with Gasteiger partial charge in [0.1, 0.15) is 12.2 Å². The average molecular weight is 436 g/mol. The summed E-state index contributed by atoms with van der Waals surface area (Å²) >= 11 is 0. The normalized spacial score (nSPS) is 14.2. The Labute approximate surface area is 187 Å². The fourth-order valence-corrected chi connectivity index (χ4v) is 3.75. The van der Waals surface area contributed by atoms with E-state index in [0.29, 0.717) is 55.5 Å². The van der Waals surface area contributed by atoms with Crippen LogP contribution in [0.5, 0.6) is 0 Å². The highest BCUT2D eigenvalue weighted by molar-refractivity contribution is 5.92. The molecule has 0 atom stereocenters. The molecular formula is C26H29NO5. The lowest BCUT2D eigenvalue weighted by Crippen LogP contribution is -2.36. The van der Waals surface area contributed by atoms with Crippen molar-refractivity contribution in [3.63, 3.8) is 0 Å². The summed E-state index contributed by atoms with van der Waals surface area (Å²) < 4.78 is 17.0. The van der Waals surface area contributed by atoms with Gasteiger partial charge in [0.2, 0.25) is 0 Å². The van der Waals surface area contributed by atoms with Gasteiger partial charge in [-0.05, 0) is 29.5 Å². The number of ether oxygens (including phenoxy) is 2. The number of morpholine rings is 1. The molecule has 0 radical (unpaired) electrons. The number of carbonyl (C=O) groups is 1. The highest BCUT2D eigenvalue weighted by Crippen LogP contribution is 2.30. The average Bonchev–Trinajstić information content (AvgIpc) is 2.82. The second kappa shape index (κ2) is 10.0. The quantitative estimate of drug-likeness (QED) is 0.498. The van der Waals surface area contributed by atoms with E-state index in [0.717, 1.165) is 23.1 Å². The summed E-state index contributed by atoms with van der Waals surface area (Å²) in [5.74, 6) is 0.878. The predicted octanol–water partition coefficient (Wildman–Crippen LogP) is 4.78. The summed E-state index contributed by atoms with van der Waals surface area (Å²) in [5, 5.41) is 0.558. The summed E-state index contributed by atoms with van der Waals surface area (Å²) in [4.78, 5) is 26.7. The van der Waals surface area contributed by atoms with Crippen LogP contribution in [0.15, 0.2) is 57.7 Å². The number of carbonyl (C=O) groups excluding carboxylic acids is 1. The lowest BCUT2D eigenvalue weighted by molar-refractivity contribution is -0.145. The fourth-order valence-electron chi connectivity index (χ4n) is 3.75. The molecule has 0 bridgehead atoms. The van der Waals surface area contributed by atoms with Gasteiger partial charge in [0.15, 0.2) is 11.3 Å². The van der Waals surface area contributed by atoms with Crippen LogP contribution in [0, 0.1) is 5.92 Å². The van der Waals surface area contributed by atoms with Crippen LogP contribution in [-0.2, 0) is 20.9 Å². The first kappa shape index (κ1) is 22.1. The summed E-state index contributed by atoms with van der Waals surface area (Å²) in [5.41, 5.74) is 3.24. The van der Waals surface area contributed by atoms with Crippen LogP contribution in [0.25, 0.3) is 22.1 Å². The fraction of sp³-hybridized carbons (Fsp3) is 0.385. The van der Waals surface area contributed by atoms with E-state index in [1.54, 1.807) is 12.1 Å². The number of para-hydroxylation sites is 1. The second-order valence-corrected chi connectivity index (χ2v) is 8.52. The maximum absolute atomic E-state index is 12.8. The Morgan fingerprint density at radius 2 is 1.84 bits per heavy atom. The highest BCUT2D eigenvalue weighted by atomic mass is 16.5. The summed E-state index contributed by atoms with van der Waals surface area (Å²) in [7, 11) is 0. The van der Waals surface area contributed by atoms with E-state index in [9.17, 15) is 9.59 Å². The molecule has 2 heterocycles. The Morgan fingerprint density at radius 1 is 1.09 bits per heavy atom. The maximum Gasteiger partial charge on any atom is 0.306 e. The number of benzene rings is 2. The third-order valence-electron chi connectivity index (χ3n) is 5.66. The summed E-state index contributed by atoms with van der Waals surface area (Å²) in [6.45, 7) is 7.06. The zero-order valence-electron chi connectivity index (χ0n) is 18.6. The number of anilines is 1. The number of esters is 1. The van der Waals surface area contributed by atoms with Crippen molar-refractivity contribution in [1.29, 1.82) is 0 Å². The van der Waals surface area contributed by atoms with Crippen LogP contribution in [0.4, 0.5) is 5.88 Å². The Morgan fingerprint density at radius 3 is 2.56 bits per heavy atom. The molecular weight excluding hydrogens is 406 g/mol. The standard InChI is InChI=1S/C26H29NO5/c1-18(2)6-11-25(29)31-17-19-7-9-20(10-8-19)21-4-3-5-22-23(28)16-24(32-26(21)22)27-12-14-30-15-13-27/h3-5,7-10,16,18H,6,11-15,17H2,1-2H3. The zero-order chi connectivity index (χ0) is 22.5. The van der Waals surface area contributed by atoms with E-state index in [1.807, 2.05) is 41.3 Å². The van der Waals surface area contributed by atoms with E-state index < -0.39 is 0 Å². The summed E-state index contributed by atoms with van der Waals surface area (Å²) in [6, 6.07) is 15.0. The lowest BCUT2D eigenvalue weighted by atomic mass is 10.0. The molecule has 168 valence electrons. The number of rotatable bonds is 7. The largest absolute Gasteiger partial charge is 0.461 e. The second-order valence-electron chi connectivity index (χ2n) is 8.52. The number of hydrogen-bond acceptors (Lipinski definition) is 6. The molecule has 4 rings (SSSR count). The van der Waals surface area contributed by atoms with Crippen molar-refractivity contribution in [2.24, 2.45) is 5.92 Å². The van der Waals surface area contributed by atoms with Gasteiger partial charge in [-0.2, -0.15) is 0 Å². The van der Waals surface area contributed by atoms with Crippen LogP contribution in [0.1, 0.15) is 32.3 Å². The molecule has 6 nitrogen and oxygen atoms in total. The van der Waals surface area contributed by atoms with Crippen LogP contribution < -0.4 is 10.3 Å². The van der Waals surface area contributed by atoms with Crippen LogP contribution >= 0.6 is 0 Å². The first-order chi connectivity index (χ1) is 15.5. The monoisotopic (exact) mass is 435 g/mol. The molecule has 0 N–H and O–H groups in total. The zero-order valence-corrected chi connectivity index (χ0v) is 18.6.